The van der Waals surface area contributed by atoms with Crippen LogP contribution in [0, 0.1) is 5.82 Å². The summed E-state index contributed by atoms with van der Waals surface area (Å²) in [4.78, 5) is 25.5. The number of carbonyl (C=O) groups excluding carboxylic acids is 1. The molecule has 156 valence electrons. The minimum Gasteiger partial charge on any atom is -0.496 e. The van der Waals surface area contributed by atoms with E-state index < -0.39 is 0 Å². The second-order valence-electron chi connectivity index (χ2n) is 7.18. The highest BCUT2D eigenvalue weighted by Crippen LogP contribution is 2.24. The van der Waals surface area contributed by atoms with E-state index in [9.17, 15) is 9.18 Å². The highest BCUT2D eigenvalue weighted by Gasteiger charge is 2.23. The van der Waals surface area contributed by atoms with Crippen molar-refractivity contribution < 1.29 is 13.9 Å². The molecule has 0 bridgehead atoms. The molecule has 1 aromatic carbocycles. The van der Waals surface area contributed by atoms with Crippen LogP contribution in [-0.2, 0) is 17.8 Å². The Hall–Kier alpha value is -2.84. The van der Waals surface area contributed by atoms with Crippen LogP contribution in [0.5, 0.6) is 5.75 Å². The van der Waals surface area contributed by atoms with E-state index in [0.29, 0.717) is 31.8 Å². The largest absolute Gasteiger partial charge is 0.496 e. The lowest BCUT2D eigenvalue weighted by Gasteiger charge is -2.35. The molecule has 0 N–H and O–H groups in total. The van der Waals surface area contributed by atoms with Crippen LogP contribution in [0.25, 0.3) is 10.6 Å². The smallest absolute Gasteiger partial charge is 0.228 e. The summed E-state index contributed by atoms with van der Waals surface area (Å²) in [6, 6.07) is 8.40. The van der Waals surface area contributed by atoms with Crippen LogP contribution in [0.1, 0.15) is 11.3 Å². The summed E-state index contributed by atoms with van der Waals surface area (Å²) in [7, 11) is 1.59. The first-order chi connectivity index (χ1) is 14.6. The molecular formula is C22H23FN4O2S. The Morgan fingerprint density at radius 2 is 2.07 bits per heavy atom. The zero-order valence-electron chi connectivity index (χ0n) is 16.8. The average molecular weight is 427 g/mol. The molecule has 1 fully saturated rings. The molecule has 0 saturated carbocycles. The van der Waals surface area contributed by atoms with Gasteiger partial charge in [-0.1, -0.05) is 0 Å². The minimum atomic E-state index is -0.270. The quantitative estimate of drug-likeness (QED) is 0.606. The summed E-state index contributed by atoms with van der Waals surface area (Å²) < 4.78 is 18.9. The van der Waals surface area contributed by atoms with Gasteiger partial charge < -0.3 is 9.64 Å². The van der Waals surface area contributed by atoms with E-state index in [1.54, 1.807) is 25.6 Å². The number of hydrogen-bond acceptors (Lipinski definition) is 6. The Morgan fingerprint density at radius 1 is 1.23 bits per heavy atom. The third-order valence-electron chi connectivity index (χ3n) is 5.15. The first-order valence-corrected chi connectivity index (χ1v) is 10.7. The fourth-order valence-electron chi connectivity index (χ4n) is 3.54. The summed E-state index contributed by atoms with van der Waals surface area (Å²) in [6.45, 7) is 3.38. The zero-order chi connectivity index (χ0) is 20.9. The minimum absolute atomic E-state index is 0.0843. The van der Waals surface area contributed by atoms with Crippen molar-refractivity contribution in [3.8, 4) is 16.3 Å². The Balaban J connectivity index is 1.31. The fourth-order valence-corrected chi connectivity index (χ4v) is 4.35. The molecule has 6 nitrogen and oxygen atoms in total. The van der Waals surface area contributed by atoms with Gasteiger partial charge in [0.2, 0.25) is 5.91 Å². The number of thiazole rings is 1. The summed E-state index contributed by atoms with van der Waals surface area (Å²) in [6.07, 6.45) is 3.80. The second-order valence-corrected chi connectivity index (χ2v) is 8.03. The second kappa shape index (κ2) is 9.32. The number of benzene rings is 1. The van der Waals surface area contributed by atoms with Crippen LogP contribution in [-0.4, -0.2) is 59.0 Å². The first-order valence-electron chi connectivity index (χ1n) is 9.80. The molecule has 0 unspecified atom stereocenters. The molecule has 1 amide bonds. The van der Waals surface area contributed by atoms with E-state index in [-0.39, 0.29) is 11.7 Å². The van der Waals surface area contributed by atoms with E-state index >= 15 is 0 Å². The van der Waals surface area contributed by atoms with E-state index in [1.807, 2.05) is 22.4 Å². The number of methoxy groups -OCH3 is 1. The Kier molecular flexibility index (Phi) is 6.35. The van der Waals surface area contributed by atoms with Crippen LogP contribution in [0.3, 0.4) is 0 Å². The van der Waals surface area contributed by atoms with Crippen molar-refractivity contribution in [2.24, 2.45) is 0 Å². The van der Waals surface area contributed by atoms with Gasteiger partial charge in [0.25, 0.3) is 0 Å². The predicted octanol–water partition coefficient (Wildman–Crippen LogP) is 3.24. The van der Waals surface area contributed by atoms with Crippen LogP contribution in [0.15, 0.2) is 48.1 Å². The van der Waals surface area contributed by atoms with Crippen molar-refractivity contribution in [1.29, 1.82) is 0 Å². The number of nitrogens with zero attached hydrogens (tertiary/aromatic N) is 4. The van der Waals surface area contributed by atoms with Crippen molar-refractivity contribution in [2.75, 3.05) is 33.3 Å². The van der Waals surface area contributed by atoms with Crippen LogP contribution >= 0.6 is 11.3 Å². The van der Waals surface area contributed by atoms with Crippen LogP contribution in [0.2, 0.25) is 0 Å². The number of hydrogen-bond donors (Lipinski definition) is 0. The summed E-state index contributed by atoms with van der Waals surface area (Å²) in [5.41, 5.74) is 2.57. The molecule has 0 atom stereocenters. The Morgan fingerprint density at radius 3 is 2.80 bits per heavy atom. The zero-order valence-corrected chi connectivity index (χ0v) is 17.6. The number of amides is 1. The summed E-state index contributed by atoms with van der Waals surface area (Å²) in [5, 5.41) is 2.81. The summed E-state index contributed by atoms with van der Waals surface area (Å²) in [5.74, 6) is 0.498. The highest BCUT2D eigenvalue weighted by atomic mass is 32.1. The number of ether oxygens (including phenoxy) is 1. The van der Waals surface area contributed by atoms with Gasteiger partial charge in [0.1, 0.15) is 16.6 Å². The molecule has 30 heavy (non-hydrogen) atoms. The van der Waals surface area contributed by atoms with Gasteiger partial charge in [0.05, 0.1) is 19.2 Å². The van der Waals surface area contributed by atoms with Gasteiger partial charge in [-0.25, -0.2) is 9.37 Å². The normalized spacial score (nSPS) is 14.7. The number of carbonyl (C=O) groups is 1. The average Bonchev–Trinajstić information content (AvgIpc) is 3.23. The fraction of sp³-hybridized carbons (Fsp3) is 0.318. The van der Waals surface area contributed by atoms with Gasteiger partial charge in [-0.2, -0.15) is 0 Å². The molecule has 1 saturated heterocycles. The monoisotopic (exact) mass is 426 g/mol. The molecule has 8 heteroatoms. The van der Waals surface area contributed by atoms with E-state index in [0.717, 1.165) is 34.9 Å². The molecule has 4 rings (SSSR count). The van der Waals surface area contributed by atoms with Gasteiger partial charge in [0.15, 0.2) is 0 Å². The molecule has 3 heterocycles. The molecule has 0 aliphatic carbocycles. The van der Waals surface area contributed by atoms with Crippen molar-refractivity contribution >= 4 is 17.2 Å². The Bertz CT molecular complexity index is 1000. The highest BCUT2D eigenvalue weighted by molar-refractivity contribution is 7.13. The van der Waals surface area contributed by atoms with Crippen molar-refractivity contribution in [2.45, 2.75) is 13.0 Å². The topological polar surface area (TPSA) is 58.6 Å². The van der Waals surface area contributed by atoms with Gasteiger partial charge in [-0.15, -0.1) is 11.3 Å². The van der Waals surface area contributed by atoms with Crippen molar-refractivity contribution in [3.63, 3.8) is 0 Å². The van der Waals surface area contributed by atoms with E-state index in [4.69, 9.17) is 4.74 Å². The number of aromatic nitrogens is 2. The molecule has 3 aromatic rings. The molecule has 1 aliphatic rings. The Labute approximate surface area is 178 Å². The number of rotatable bonds is 6. The lowest BCUT2D eigenvalue weighted by molar-refractivity contribution is -0.132. The maximum Gasteiger partial charge on any atom is 0.228 e. The van der Waals surface area contributed by atoms with Crippen molar-refractivity contribution in [3.05, 3.63) is 65.2 Å². The van der Waals surface area contributed by atoms with E-state index in [1.165, 1.54) is 23.5 Å². The van der Waals surface area contributed by atoms with E-state index in [2.05, 4.69) is 14.9 Å². The van der Waals surface area contributed by atoms with Crippen molar-refractivity contribution in [1.82, 2.24) is 19.8 Å². The van der Waals surface area contributed by atoms with Gasteiger partial charge in [-0.05, 0) is 30.3 Å². The lowest BCUT2D eigenvalue weighted by atomic mass is 10.1. The number of pyridine rings is 1. The molecular weight excluding hydrogens is 403 g/mol. The SMILES string of the molecule is COc1ccc(F)cc1CN1CCN(C(=O)Cc2csc(-c3cccnc3)n2)CC1. The van der Waals surface area contributed by atoms with Gasteiger partial charge in [0, 0.05) is 61.6 Å². The van der Waals surface area contributed by atoms with Gasteiger partial charge in [-0.3, -0.25) is 14.7 Å². The molecule has 1 aliphatic heterocycles. The molecule has 0 spiro atoms. The maximum atomic E-state index is 13.6. The molecule has 0 radical (unpaired) electrons. The standard InChI is InChI=1S/C22H23FN4O2S/c1-29-20-5-4-18(23)11-17(20)14-26-7-9-27(10-8-26)21(28)12-19-15-30-22(25-19)16-3-2-6-24-13-16/h2-6,11,13,15H,7-10,12,14H2,1H3. The third-order valence-corrected chi connectivity index (χ3v) is 6.09. The summed E-state index contributed by atoms with van der Waals surface area (Å²) >= 11 is 1.52. The van der Waals surface area contributed by atoms with Gasteiger partial charge >= 0.3 is 0 Å². The number of halogens is 1. The predicted molar refractivity (Wildman–Crippen MR) is 114 cm³/mol. The number of piperazine rings is 1. The first kappa shape index (κ1) is 20.4. The lowest BCUT2D eigenvalue weighted by Crippen LogP contribution is -2.48. The van der Waals surface area contributed by atoms with Crippen LogP contribution < -0.4 is 4.74 Å². The maximum absolute atomic E-state index is 13.6. The van der Waals surface area contributed by atoms with Crippen LogP contribution in [0.4, 0.5) is 4.39 Å². The third kappa shape index (κ3) is 4.83. The molecule has 2 aromatic heterocycles.